The van der Waals surface area contributed by atoms with E-state index < -0.39 is 0 Å². The van der Waals surface area contributed by atoms with Crippen LogP contribution in [-0.2, 0) is 0 Å². The first-order valence-corrected chi connectivity index (χ1v) is 10.8. The number of halogens is 1. The van der Waals surface area contributed by atoms with Crippen LogP contribution in [0.3, 0.4) is 0 Å². The standard InChI is InChI=1S/C23H24BrN3O2/c24-19-11-9-18(10-12-19)22-15-20(26-29-22)23(28)25-16-21(17-7-3-1-4-8-17)27-13-5-2-6-14-27/h1,3-4,7-12,15,21H,2,5-6,13-14,16H2,(H,25,28). The van der Waals surface area contributed by atoms with Crippen LogP contribution in [0, 0.1) is 0 Å². The van der Waals surface area contributed by atoms with E-state index in [1.807, 2.05) is 30.3 Å². The van der Waals surface area contributed by atoms with E-state index >= 15 is 0 Å². The molecule has 1 unspecified atom stereocenters. The van der Waals surface area contributed by atoms with Crippen LogP contribution in [-0.4, -0.2) is 35.6 Å². The highest BCUT2D eigenvalue weighted by atomic mass is 79.9. The van der Waals surface area contributed by atoms with Gasteiger partial charge >= 0.3 is 0 Å². The Morgan fingerprint density at radius 2 is 1.79 bits per heavy atom. The quantitative estimate of drug-likeness (QED) is 0.566. The third kappa shape index (κ3) is 4.95. The molecule has 0 bridgehead atoms. The lowest BCUT2D eigenvalue weighted by molar-refractivity contribution is 0.0915. The maximum Gasteiger partial charge on any atom is 0.273 e. The third-order valence-electron chi connectivity index (χ3n) is 5.34. The Bertz CT molecular complexity index is 934. The molecule has 6 heteroatoms. The summed E-state index contributed by atoms with van der Waals surface area (Å²) in [6, 6.07) is 20.0. The lowest BCUT2D eigenvalue weighted by Crippen LogP contribution is -2.40. The first kappa shape index (κ1) is 19.9. The summed E-state index contributed by atoms with van der Waals surface area (Å²) in [4.78, 5) is 15.2. The number of carbonyl (C=O) groups is 1. The molecule has 1 amide bonds. The van der Waals surface area contributed by atoms with Crippen molar-refractivity contribution in [3.8, 4) is 11.3 Å². The van der Waals surface area contributed by atoms with Crippen LogP contribution >= 0.6 is 15.9 Å². The zero-order valence-corrected chi connectivity index (χ0v) is 17.8. The highest BCUT2D eigenvalue weighted by Gasteiger charge is 2.23. The second-order valence-electron chi connectivity index (χ2n) is 7.32. The summed E-state index contributed by atoms with van der Waals surface area (Å²) in [5, 5.41) is 7.02. The summed E-state index contributed by atoms with van der Waals surface area (Å²) in [7, 11) is 0. The van der Waals surface area contributed by atoms with Crippen molar-refractivity contribution in [2.75, 3.05) is 19.6 Å². The van der Waals surface area contributed by atoms with Gasteiger partial charge in [0.2, 0.25) is 0 Å². The van der Waals surface area contributed by atoms with Crippen LogP contribution in [0.5, 0.6) is 0 Å². The molecular formula is C23H24BrN3O2. The molecule has 4 rings (SSSR count). The van der Waals surface area contributed by atoms with E-state index in [4.69, 9.17) is 4.52 Å². The molecule has 0 saturated carbocycles. The van der Waals surface area contributed by atoms with Gasteiger partial charge in [-0.3, -0.25) is 9.69 Å². The van der Waals surface area contributed by atoms with Crippen LogP contribution in [0.25, 0.3) is 11.3 Å². The average molecular weight is 454 g/mol. The summed E-state index contributed by atoms with van der Waals surface area (Å²) in [5.41, 5.74) is 2.41. The predicted octanol–water partition coefficient (Wildman–Crippen LogP) is 5.06. The summed E-state index contributed by atoms with van der Waals surface area (Å²) in [6.45, 7) is 2.67. The molecule has 1 aromatic heterocycles. The molecule has 1 N–H and O–H groups in total. The number of nitrogens with one attached hydrogen (secondary N) is 1. The number of rotatable bonds is 6. The van der Waals surface area contributed by atoms with Crippen molar-refractivity contribution in [3.63, 3.8) is 0 Å². The van der Waals surface area contributed by atoms with Crippen molar-refractivity contribution < 1.29 is 9.32 Å². The summed E-state index contributed by atoms with van der Waals surface area (Å²) >= 11 is 3.42. The van der Waals surface area contributed by atoms with Gasteiger partial charge in [0.1, 0.15) is 0 Å². The highest BCUT2D eigenvalue weighted by molar-refractivity contribution is 9.10. The van der Waals surface area contributed by atoms with Crippen molar-refractivity contribution in [3.05, 3.63) is 76.4 Å². The summed E-state index contributed by atoms with van der Waals surface area (Å²) in [5.74, 6) is 0.369. The topological polar surface area (TPSA) is 58.4 Å². The van der Waals surface area contributed by atoms with E-state index in [0.29, 0.717) is 18.0 Å². The van der Waals surface area contributed by atoms with E-state index in [1.165, 1.54) is 24.8 Å². The summed E-state index contributed by atoms with van der Waals surface area (Å²) < 4.78 is 6.37. The number of nitrogens with zero attached hydrogens (tertiary/aromatic N) is 2. The van der Waals surface area contributed by atoms with E-state index in [1.54, 1.807) is 6.07 Å². The van der Waals surface area contributed by atoms with Gasteiger partial charge in [0.25, 0.3) is 5.91 Å². The molecule has 1 saturated heterocycles. The molecule has 5 nitrogen and oxygen atoms in total. The zero-order chi connectivity index (χ0) is 20.1. The first-order chi connectivity index (χ1) is 14.2. The van der Waals surface area contributed by atoms with Crippen molar-refractivity contribution in [2.24, 2.45) is 0 Å². The smallest absolute Gasteiger partial charge is 0.273 e. The maximum atomic E-state index is 12.7. The molecule has 1 atom stereocenters. The Balaban J connectivity index is 1.44. The number of hydrogen-bond donors (Lipinski definition) is 1. The molecule has 0 aliphatic carbocycles. The zero-order valence-electron chi connectivity index (χ0n) is 16.2. The second kappa shape index (κ2) is 9.37. The number of hydrogen-bond acceptors (Lipinski definition) is 4. The molecule has 1 fully saturated rings. The minimum atomic E-state index is -0.213. The van der Waals surface area contributed by atoms with E-state index in [0.717, 1.165) is 23.1 Å². The Morgan fingerprint density at radius 1 is 1.07 bits per heavy atom. The van der Waals surface area contributed by atoms with Crippen LogP contribution in [0.1, 0.15) is 41.4 Å². The van der Waals surface area contributed by atoms with Crippen LogP contribution in [0.4, 0.5) is 0 Å². The monoisotopic (exact) mass is 453 g/mol. The molecule has 2 heterocycles. The molecule has 29 heavy (non-hydrogen) atoms. The van der Waals surface area contributed by atoms with Crippen molar-refractivity contribution >= 4 is 21.8 Å². The fraction of sp³-hybridized carbons (Fsp3) is 0.304. The molecule has 2 aromatic carbocycles. The average Bonchev–Trinajstić information content (AvgIpc) is 3.26. The van der Waals surface area contributed by atoms with Crippen LogP contribution in [0.2, 0.25) is 0 Å². The fourth-order valence-corrected chi connectivity index (χ4v) is 4.04. The number of benzene rings is 2. The Morgan fingerprint density at radius 3 is 2.52 bits per heavy atom. The predicted molar refractivity (Wildman–Crippen MR) is 117 cm³/mol. The minimum Gasteiger partial charge on any atom is -0.355 e. The SMILES string of the molecule is O=C(NCC(c1ccccc1)N1CCCCC1)c1cc(-c2ccc(Br)cc2)on1. The van der Waals surface area contributed by atoms with Gasteiger partial charge < -0.3 is 9.84 Å². The van der Waals surface area contributed by atoms with Gasteiger partial charge in [0.15, 0.2) is 11.5 Å². The molecule has 0 spiro atoms. The third-order valence-corrected chi connectivity index (χ3v) is 5.87. The van der Waals surface area contributed by atoms with Gasteiger partial charge in [-0.1, -0.05) is 70.0 Å². The number of likely N-dealkylation sites (tertiary alicyclic amines) is 1. The van der Waals surface area contributed by atoms with E-state index in [9.17, 15) is 4.79 Å². The summed E-state index contributed by atoms with van der Waals surface area (Å²) in [6.07, 6.45) is 3.69. The van der Waals surface area contributed by atoms with Gasteiger partial charge in [0, 0.05) is 22.6 Å². The lowest BCUT2D eigenvalue weighted by atomic mass is 10.0. The highest BCUT2D eigenvalue weighted by Crippen LogP contribution is 2.25. The van der Waals surface area contributed by atoms with Crippen LogP contribution < -0.4 is 5.32 Å². The Hall–Kier alpha value is -2.44. The number of piperidine rings is 1. The first-order valence-electron chi connectivity index (χ1n) is 10.0. The minimum absolute atomic E-state index is 0.165. The van der Waals surface area contributed by atoms with Gasteiger partial charge in [-0.2, -0.15) is 0 Å². The van der Waals surface area contributed by atoms with Gasteiger partial charge in [0.05, 0.1) is 6.04 Å². The van der Waals surface area contributed by atoms with Crippen LogP contribution in [0.15, 0.2) is 69.7 Å². The van der Waals surface area contributed by atoms with Crippen molar-refractivity contribution in [1.82, 2.24) is 15.4 Å². The van der Waals surface area contributed by atoms with E-state index in [-0.39, 0.29) is 11.9 Å². The largest absolute Gasteiger partial charge is 0.355 e. The molecule has 1 aliphatic heterocycles. The molecule has 1 aliphatic rings. The maximum absolute atomic E-state index is 12.7. The van der Waals surface area contributed by atoms with Crippen molar-refractivity contribution in [2.45, 2.75) is 25.3 Å². The molecule has 3 aromatic rings. The second-order valence-corrected chi connectivity index (χ2v) is 8.23. The van der Waals surface area contributed by atoms with Gasteiger partial charge in [-0.05, 0) is 43.6 Å². The number of amides is 1. The molecule has 0 radical (unpaired) electrons. The number of aromatic nitrogens is 1. The number of carbonyl (C=O) groups excluding carboxylic acids is 1. The Labute approximate surface area is 179 Å². The van der Waals surface area contributed by atoms with Gasteiger partial charge in [-0.15, -0.1) is 0 Å². The Kier molecular flexibility index (Phi) is 6.42. The molecular weight excluding hydrogens is 430 g/mol. The van der Waals surface area contributed by atoms with Gasteiger partial charge in [-0.25, -0.2) is 0 Å². The normalized spacial score (nSPS) is 15.8. The fourth-order valence-electron chi connectivity index (χ4n) is 3.78. The lowest BCUT2D eigenvalue weighted by Gasteiger charge is -2.35. The molecule has 150 valence electrons. The van der Waals surface area contributed by atoms with E-state index in [2.05, 4.69) is 55.6 Å². The van der Waals surface area contributed by atoms with Crippen molar-refractivity contribution in [1.29, 1.82) is 0 Å².